The van der Waals surface area contributed by atoms with Crippen molar-refractivity contribution in [2.24, 2.45) is 5.92 Å². The van der Waals surface area contributed by atoms with Gasteiger partial charge in [0.15, 0.2) is 0 Å². The largest absolute Gasteiger partial charge is 0.300 e. The molecule has 0 aliphatic carbocycles. The molecule has 1 rings (SSSR count). The van der Waals surface area contributed by atoms with Crippen LogP contribution in [0, 0.1) is 5.92 Å². The molecular weight excluding hydrogens is 222 g/mol. The highest BCUT2D eigenvalue weighted by atomic mass is 35.7. The highest BCUT2D eigenvalue weighted by Gasteiger charge is 2.30. The SMILES string of the molecule is CC(C)CC1CCCCN1S(=O)(=O)Cl. The second-order valence-corrected chi connectivity index (χ2v) is 6.80. The first kappa shape index (κ1) is 12.3. The Labute approximate surface area is 91.0 Å². The molecule has 1 heterocycles. The third-order valence-electron chi connectivity index (χ3n) is 2.60. The molecule has 1 aliphatic rings. The molecule has 0 spiro atoms. The first-order chi connectivity index (χ1) is 6.41. The molecule has 0 aromatic rings. The molecule has 1 saturated heterocycles. The van der Waals surface area contributed by atoms with Crippen LogP contribution in [0.5, 0.6) is 0 Å². The van der Waals surface area contributed by atoms with Crippen molar-refractivity contribution in [3.63, 3.8) is 0 Å². The Morgan fingerprint density at radius 1 is 1.43 bits per heavy atom. The Kier molecular flexibility index (Phi) is 4.22. The molecular formula is C9H18ClNO2S. The molecule has 0 aromatic carbocycles. The average Bonchev–Trinajstić information content (AvgIpc) is 2.01. The van der Waals surface area contributed by atoms with Crippen LogP contribution in [-0.2, 0) is 9.24 Å². The number of hydrogen-bond donors (Lipinski definition) is 0. The molecule has 1 atom stereocenters. The van der Waals surface area contributed by atoms with Gasteiger partial charge in [0.2, 0.25) is 0 Å². The van der Waals surface area contributed by atoms with Crippen molar-refractivity contribution in [2.75, 3.05) is 6.54 Å². The van der Waals surface area contributed by atoms with E-state index >= 15 is 0 Å². The van der Waals surface area contributed by atoms with Crippen molar-refractivity contribution in [3.8, 4) is 0 Å². The molecule has 1 aliphatic heterocycles. The maximum Gasteiger partial charge on any atom is 0.300 e. The van der Waals surface area contributed by atoms with Gasteiger partial charge in [-0.05, 0) is 25.2 Å². The molecule has 3 nitrogen and oxygen atoms in total. The van der Waals surface area contributed by atoms with Gasteiger partial charge >= 0.3 is 0 Å². The van der Waals surface area contributed by atoms with Crippen LogP contribution in [0.1, 0.15) is 39.5 Å². The Morgan fingerprint density at radius 3 is 2.57 bits per heavy atom. The van der Waals surface area contributed by atoms with E-state index < -0.39 is 9.24 Å². The summed E-state index contributed by atoms with van der Waals surface area (Å²) in [5, 5.41) is 0. The maximum atomic E-state index is 11.3. The summed E-state index contributed by atoms with van der Waals surface area (Å²) in [6.45, 7) is 4.80. The summed E-state index contributed by atoms with van der Waals surface area (Å²) in [6, 6.07) is 0.117. The van der Waals surface area contributed by atoms with Crippen LogP contribution in [0.15, 0.2) is 0 Å². The van der Waals surface area contributed by atoms with Gasteiger partial charge in [-0.15, -0.1) is 0 Å². The van der Waals surface area contributed by atoms with Crippen molar-refractivity contribution in [3.05, 3.63) is 0 Å². The summed E-state index contributed by atoms with van der Waals surface area (Å²) in [6.07, 6.45) is 3.90. The summed E-state index contributed by atoms with van der Waals surface area (Å²) in [5.41, 5.74) is 0. The Hall–Kier alpha value is 0.200. The van der Waals surface area contributed by atoms with E-state index in [1.54, 1.807) is 0 Å². The van der Waals surface area contributed by atoms with Gasteiger partial charge in [0.1, 0.15) is 0 Å². The molecule has 0 amide bonds. The molecule has 5 heteroatoms. The van der Waals surface area contributed by atoms with Gasteiger partial charge in [-0.25, -0.2) is 0 Å². The van der Waals surface area contributed by atoms with E-state index in [0.717, 1.165) is 25.7 Å². The van der Waals surface area contributed by atoms with Gasteiger partial charge in [0.25, 0.3) is 9.24 Å². The third-order valence-corrected chi connectivity index (χ3v) is 4.17. The number of hydrogen-bond acceptors (Lipinski definition) is 2. The van der Waals surface area contributed by atoms with E-state index in [4.69, 9.17) is 10.7 Å². The summed E-state index contributed by atoms with van der Waals surface area (Å²) in [7, 11) is 1.87. The lowest BCUT2D eigenvalue weighted by Gasteiger charge is -2.33. The van der Waals surface area contributed by atoms with Crippen LogP contribution in [0.25, 0.3) is 0 Å². The van der Waals surface area contributed by atoms with E-state index in [9.17, 15) is 8.42 Å². The van der Waals surface area contributed by atoms with Crippen LogP contribution in [0.4, 0.5) is 0 Å². The standard InChI is InChI=1S/C9H18ClNO2S/c1-8(2)7-9-5-3-4-6-11(9)14(10,12)13/h8-9H,3-7H2,1-2H3. The highest BCUT2D eigenvalue weighted by Crippen LogP contribution is 2.26. The number of piperidine rings is 1. The first-order valence-corrected chi connectivity index (χ1v) is 7.39. The van der Waals surface area contributed by atoms with Crippen LogP contribution in [0.3, 0.4) is 0 Å². The van der Waals surface area contributed by atoms with Crippen molar-refractivity contribution < 1.29 is 8.42 Å². The average molecular weight is 240 g/mol. The lowest BCUT2D eigenvalue weighted by molar-refractivity contribution is 0.227. The smallest absolute Gasteiger partial charge is 0.195 e. The fourth-order valence-electron chi connectivity index (χ4n) is 2.04. The van der Waals surface area contributed by atoms with Crippen LogP contribution in [-0.4, -0.2) is 25.3 Å². The fraction of sp³-hybridized carbons (Fsp3) is 1.00. The predicted octanol–water partition coefficient (Wildman–Crippen LogP) is 2.37. The van der Waals surface area contributed by atoms with E-state index in [1.807, 2.05) is 0 Å². The molecule has 0 saturated carbocycles. The zero-order valence-corrected chi connectivity index (χ0v) is 10.3. The van der Waals surface area contributed by atoms with E-state index in [0.29, 0.717) is 12.5 Å². The lowest BCUT2D eigenvalue weighted by atomic mass is 9.96. The van der Waals surface area contributed by atoms with Crippen molar-refractivity contribution in [2.45, 2.75) is 45.6 Å². The molecule has 1 unspecified atom stereocenters. The van der Waals surface area contributed by atoms with Crippen LogP contribution in [0.2, 0.25) is 0 Å². The predicted molar refractivity (Wildman–Crippen MR) is 58.6 cm³/mol. The number of nitrogens with zero attached hydrogens (tertiary/aromatic N) is 1. The Balaban J connectivity index is 2.69. The highest BCUT2D eigenvalue weighted by molar-refractivity contribution is 8.11. The molecule has 0 N–H and O–H groups in total. The van der Waals surface area contributed by atoms with Crippen molar-refractivity contribution in [1.29, 1.82) is 0 Å². The number of rotatable bonds is 3. The van der Waals surface area contributed by atoms with Gasteiger partial charge in [-0.3, -0.25) is 0 Å². The van der Waals surface area contributed by atoms with Gasteiger partial charge < -0.3 is 0 Å². The summed E-state index contributed by atoms with van der Waals surface area (Å²) in [4.78, 5) is 0. The second kappa shape index (κ2) is 4.81. The van der Waals surface area contributed by atoms with Crippen LogP contribution >= 0.6 is 10.7 Å². The summed E-state index contributed by atoms with van der Waals surface area (Å²) in [5.74, 6) is 0.513. The molecule has 84 valence electrons. The Morgan fingerprint density at radius 2 is 2.07 bits per heavy atom. The summed E-state index contributed by atoms with van der Waals surface area (Å²) >= 11 is 0. The molecule has 0 bridgehead atoms. The minimum atomic E-state index is -3.52. The quantitative estimate of drug-likeness (QED) is 0.710. The van der Waals surface area contributed by atoms with Crippen molar-refractivity contribution in [1.82, 2.24) is 4.31 Å². The zero-order chi connectivity index (χ0) is 10.8. The molecule has 1 fully saturated rings. The third kappa shape index (κ3) is 3.41. The molecule has 14 heavy (non-hydrogen) atoms. The van der Waals surface area contributed by atoms with Gasteiger partial charge in [-0.1, -0.05) is 20.3 Å². The monoisotopic (exact) mass is 239 g/mol. The van der Waals surface area contributed by atoms with Gasteiger partial charge in [0, 0.05) is 23.3 Å². The first-order valence-electron chi connectivity index (χ1n) is 5.12. The molecule has 0 aromatic heterocycles. The lowest BCUT2D eigenvalue weighted by Crippen LogP contribution is -2.42. The number of halogens is 1. The fourth-order valence-corrected chi connectivity index (χ4v) is 3.48. The zero-order valence-electron chi connectivity index (χ0n) is 8.74. The van der Waals surface area contributed by atoms with Gasteiger partial charge in [-0.2, -0.15) is 12.7 Å². The van der Waals surface area contributed by atoms with E-state index in [1.165, 1.54) is 4.31 Å². The minimum Gasteiger partial charge on any atom is -0.195 e. The summed E-state index contributed by atoms with van der Waals surface area (Å²) < 4.78 is 24.0. The molecule has 0 radical (unpaired) electrons. The van der Waals surface area contributed by atoms with Crippen LogP contribution < -0.4 is 0 Å². The topological polar surface area (TPSA) is 37.4 Å². The van der Waals surface area contributed by atoms with Gasteiger partial charge in [0.05, 0.1) is 0 Å². The van der Waals surface area contributed by atoms with Crippen molar-refractivity contribution >= 4 is 19.9 Å². The van der Waals surface area contributed by atoms with E-state index in [-0.39, 0.29) is 6.04 Å². The van der Waals surface area contributed by atoms with E-state index in [2.05, 4.69) is 13.8 Å². The second-order valence-electron chi connectivity index (χ2n) is 4.33. The normalized spacial score (nSPS) is 25.6. The Bertz CT molecular complexity index is 277. The maximum absolute atomic E-state index is 11.3. The minimum absolute atomic E-state index is 0.117.